The van der Waals surface area contributed by atoms with E-state index in [0.717, 1.165) is 6.42 Å². The first kappa shape index (κ1) is 14.7. The molecule has 2 amide bonds. The number of benzene rings is 1. The number of anilines is 1. The number of amides is 2. The van der Waals surface area contributed by atoms with Crippen molar-refractivity contribution in [2.24, 2.45) is 0 Å². The molecule has 3 aliphatic heterocycles. The third-order valence-electron chi connectivity index (χ3n) is 4.56. The van der Waals surface area contributed by atoms with Gasteiger partial charge >= 0.3 is 0 Å². The van der Waals surface area contributed by atoms with Gasteiger partial charge in [0.05, 0.1) is 4.87 Å². The lowest BCUT2D eigenvalue weighted by Gasteiger charge is -2.29. The number of ether oxygens (including phenoxy) is 2. The number of fused-ring (bicyclic) bond motifs is 2. The van der Waals surface area contributed by atoms with E-state index in [0.29, 0.717) is 42.6 Å². The van der Waals surface area contributed by atoms with Crippen molar-refractivity contribution >= 4 is 29.3 Å². The summed E-state index contributed by atoms with van der Waals surface area (Å²) in [7, 11) is 0. The molecular weight excluding hydrogens is 316 g/mol. The Kier molecular flexibility index (Phi) is 3.41. The summed E-state index contributed by atoms with van der Waals surface area (Å²) in [4.78, 5) is 26.3. The predicted octanol–water partition coefficient (Wildman–Crippen LogP) is 1.85. The number of carbonyl (C=O) groups is 2. The molecule has 3 heterocycles. The Morgan fingerprint density at radius 1 is 1.35 bits per heavy atom. The van der Waals surface area contributed by atoms with Gasteiger partial charge in [-0.15, -0.1) is 11.8 Å². The minimum absolute atomic E-state index is 0.0693. The zero-order valence-electron chi connectivity index (χ0n) is 12.8. The molecule has 3 aliphatic rings. The van der Waals surface area contributed by atoms with Crippen LogP contribution in [0.3, 0.4) is 0 Å². The topological polar surface area (TPSA) is 67.9 Å². The van der Waals surface area contributed by atoms with E-state index in [1.807, 2.05) is 6.92 Å². The van der Waals surface area contributed by atoms with Crippen molar-refractivity contribution in [1.82, 2.24) is 4.90 Å². The zero-order valence-corrected chi connectivity index (χ0v) is 13.6. The van der Waals surface area contributed by atoms with E-state index in [2.05, 4.69) is 5.32 Å². The Morgan fingerprint density at radius 3 is 2.96 bits per heavy atom. The quantitative estimate of drug-likeness (QED) is 0.894. The maximum absolute atomic E-state index is 12.6. The second-order valence-electron chi connectivity index (χ2n) is 6.11. The largest absolute Gasteiger partial charge is 0.486 e. The van der Waals surface area contributed by atoms with Gasteiger partial charge in [-0.2, -0.15) is 0 Å². The molecule has 4 rings (SSSR count). The van der Waals surface area contributed by atoms with E-state index in [4.69, 9.17) is 9.47 Å². The van der Waals surface area contributed by atoms with Crippen LogP contribution in [0.2, 0.25) is 0 Å². The second-order valence-corrected chi connectivity index (χ2v) is 7.61. The molecule has 0 aliphatic carbocycles. The van der Waals surface area contributed by atoms with Gasteiger partial charge < -0.3 is 19.7 Å². The first-order chi connectivity index (χ1) is 11.1. The van der Waals surface area contributed by atoms with Gasteiger partial charge in [-0.25, -0.2) is 0 Å². The number of hydrogen-bond donors (Lipinski definition) is 1. The molecular formula is C16H18N2O4S. The minimum Gasteiger partial charge on any atom is -0.486 e. The van der Waals surface area contributed by atoms with Crippen molar-refractivity contribution in [3.63, 3.8) is 0 Å². The standard InChI is InChI=1S/C16H18N2O4S/c1-16-5-4-14(19)18(16)11(9-23-16)15(20)17-10-2-3-12-13(8-10)22-7-6-21-12/h2-3,8,11H,4-7,9H2,1H3,(H,17,20). The highest BCUT2D eigenvalue weighted by Crippen LogP contribution is 2.47. The van der Waals surface area contributed by atoms with Crippen molar-refractivity contribution in [3.8, 4) is 11.5 Å². The summed E-state index contributed by atoms with van der Waals surface area (Å²) in [5.41, 5.74) is 0.657. The van der Waals surface area contributed by atoms with Crippen LogP contribution in [0.25, 0.3) is 0 Å². The van der Waals surface area contributed by atoms with Gasteiger partial charge in [-0.05, 0) is 25.5 Å². The molecule has 7 heteroatoms. The van der Waals surface area contributed by atoms with Crippen molar-refractivity contribution in [3.05, 3.63) is 18.2 Å². The maximum atomic E-state index is 12.6. The Hall–Kier alpha value is -1.89. The van der Waals surface area contributed by atoms with Crippen molar-refractivity contribution in [1.29, 1.82) is 0 Å². The molecule has 1 aromatic rings. The Labute approximate surface area is 138 Å². The lowest BCUT2D eigenvalue weighted by molar-refractivity contribution is -0.135. The highest BCUT2D eigenvalue weighted by molar-refractivity contribution is 8.01. The summed E-state index contributed by atoms with van der Waals surface area (Å²) in [6.45, 7) is 3.08. The molecule has 122 valence electrons. The molecule has 2 unspecified atom stereocenters. The van der Waals surface area contributed by atoms with Crippen molar-refractivity contribution in [2.75, 3.05) is 24.3 Å². The van der Waals surface area contributed by atoms with Gasteiger partial charge in [0, 0.05) is 23.9 Å². The number of rotatable bonds is 2. The third kappa shape index (κ3) is 2.43. The lowest BCUT2D eigenvalue weighted by atomic mass is 10.2. The van der Waals surface area contributed by atoms with E-state index in [1.165, 1.54) is 0 Å². The zero-order chi connectivity index (χ0) is 16.0. The van der Waals surface area contributed by atoms with E-state index in [9.17, 15) is 9.59 Å². The Bertz CT molecular complexity index is 680. The van der Waals surface area contributed by atoms with Crippen molar-refractivity contribution < 1.29 is 19.1 Å². The summed E-state index contributed by atoms with van der Waals surface area (Å²) >= 11 is 1.69. The maximum Gasteiger partial charge on any atom is 0.248 e. The number of carbonyl (C=O) groups excluding carboxylic acids is 2. The average molecular weight is 334 g/mol. The van der Waals surface area contributed by atoms with Crippen LogP contribution in [0, 0.1) is 0 Å². The summed E-state index contributed by atoms with van der Waals surface area (Å²) < 4.78 is 11.0. The van der Waals surface area contributed by atoms with Gasteiger partial charge in [0.25, 0.3) is 0 Å². The van der Waals surface area contributed by atoms with Gasteiger partial charge in [-0.1, -0.05) is 0 Å². The predicted molar refractivity (Wildman–Crippen MR) is 86.8 cm³/mol. The fourth-order valence-corrected chi connectivity index (χ4v) is 4.79. The van der Waals surface area contributed by atoms with Crippen molar-refractivity contribution in [2.45, 2.75) is 30.7 Å². The first-order valence-corrected chi connectivity index (χ1v) is 8.72. The van der Waals surface area contributed by atoms with Gasteiger partial charge in [0.1, 0.15) is 19.3 Å². The highest BCUT2D eigenvalue weighted by atomic mass is 32.2. The number of thioether (sulfide) groups is 1. The molecule has 0 bridgehead atoms. The fraction of sp³-hybridized carbons (Fsp3) is 0.500. The summed E-state index contributed by atoms with van der Waals surface area (Å²) in [6, 6.07) is 4.93. The fourth-order valence-electron chi connectivity index (χ4n) is 3.36. The van der Waals surface area contributed by atoms with Crippen LogP contribution in [-0.2, 0) is 9.59 Å². The molecule has 0 saturated carbocycles. The molecule has 0 radical (unpaired) electrons. The molecule has 23 heavy (non-hydrogen) atoms. The molecule has 0 aromatic heterocycles. The third-order valence-corrected chi connectivity index (χ3v) is 6.06. The lowest BCUT2D eigenvalue weighted by Crippen LogP contribution is -2.48. The van der Waals surface area contributed by atoms with Crippen LogP contribution in [0.1, 0.15) is 19.8 Å². The van der Waals surface area contributed by atoms with E-state index >= 15 is 0 Å². The molecule has 0 spiro atoms. The Balaban J connectivity index is 1.51. The Morgan fingerprint density at radius 2 is 2.13 bits per heavy atom. The molecule has 2 atom stereocenters. The van der Waals surface area contributed by atoms with Crippen LogP contribution in [-0.4, -0.2) is 46.6 Å². The van der Waals surface area contributed by atoms with Crippen LogP contribution in [0.5, 0.6) is 11.5 Å². The van der Waals surface area contributed by atoms with Gasteiger partial charge in [0.15, 0.2) is 11.5 Å². The van der Waals surface area contributed by atoms with Gasteiger partial charge in [0.2, 0.25) is 11.8 Å². The molecule has 1 N–H and O–H groups in total. The van der Waals surface area contributed by atoms with Crippen LogP contribution < -0.4 is 14.8 Å². The monoisotopic (exact) mass is 334 g/mol. The highest BCUT2D eigenvalue weighted by Gasteiger charge is 2.52. The number of nitrogens with one attached hydrogen (secondary N) is 1. The van der Waals surface area contributed by atoms with Crippen LogP contribution in [0.15, 0.2) is 18.2 Å². The molecule has 6 nitrogen and oxygen atoms in total. The summed E-state index contributed by atoms with van der Waals surface area (Å²) in [6.07, 6.45) is 1.33. The number of hydrogen-bond acceptors (Lipinski definition) is 5. The number of nitrogens with zero attached hydrogens (tertiary/aromatic N) is 1. The summed E-state index contributed by atoms with van der Waals surface area (Å²) in [5.74, 6) is 1.89. The second kappa shape index (κ2) is 5.33. The average Bonchev–Trinajstić information content (AvgIpc) is 3.04. The SMILES string of the molecule is CC12CCC(=O)N1C(C(=O)Nc1ccc3c(c1)OCCO3)CS2. The molecule has 2 fully saturated rings. The van der Waals surface area contributed by atoms with E-state index < -0.39 is 6.04 Å². The molecule has 2 saturated heterocycles. The smallest absolute Gasteiger partial charge is 0.248 e. The van der Waals surface area contributed by atoms with Gasteiger partial charge in [-0.3, -0.25) is 9.59 Å². The molecule has 1 aromatic carbocycles. The normalized spacial score (nSPS) is 28.7. The van der Waals surface area contributed by atoms with E-state index in [-0.39, 0.29) is 16.7 Å². The summed E-state index contributed by atoms with van der Waals surface area (Å²) in [5, 5.41) is 2.90. The van der Waals surface area contributed by atoms with Crippen LogP contribution in [0.4, 0.5) is 5.69 Å². The van der Waals surface area contributed by atoms with Crippen LogP contribution >= 0.6 is 11.8 Å². The van der Waals surface area contributed by atoms with E-state index in [1.54, 1.807) is 34.9 Å². The first-order valence-electron chi connectivity index (χ1n) is 7.73. The minimum atomic E-state index is -0.409.